The lowest BCUT2D eigenvalue weighted by atomic mass is 10.4. The zero-order valence-corrected chi connectivity index (χ0v) is 7.06. The summed E-state index contributed by atoms with van der Waals surface area (Å²) in [5, 5.41) is 17.2. The van der Waals surface area contributed by atoms with Crippen LogP contribution in [0.2, 0.25) is 0 Å². The molecule has 1 rings (SSSR count). The van der Waals surface area contributed by atoms with Gasteiger partial charge in [-0.15, -0.1) is 0 Å². The molecule has 0 aromatic carbocycles. The van der Waals surface area contributed by atoms with Gasteiger partial charge in [-0.3, -0.25) is 14.3 Å². The van der Waals surface area contributed by atoms with Crippen LogP contribution in [-0.2, 0) is 6.54 Å². The van der Waals surface area contributed by atoms with E-state index in [-0.39, 0.29) is 13.2 Å². The Kier molecular flexibility index (Phi) is 2.82. The van der Waals surface area contributed by atoms with Crippen molar-refractivity contribution in [3.63, 3.8) is 0 Å². The maximum Gasteiger partial charge on any atom is 0.352 e. The van der Waals surface area contributed by atoms with E-state index in [1.165, 1.54) is 0 Å². The van der Waals surface area contributed by atoms with E-state index in [1.807, 2.05) is 4.98 Å². The molecular weight excluding hydrogens is 192 g/mol. The zero-order chi connectivity index (χ0) is 10.7. The van der Waals surface area contributed by atoms with E-state index < -0.39 is 22.9 Å². The minimum absolute atomic E-state index is 0.169. The van der Waals surface area contributed by atoms with E-state index in [4.69, 9.17) is 10.2 Å². The molecule has 1 heterocycles. The number of aliphatic hydroxyl groups is 1. The molecule has 76 valence electrons. The molecule has 0 saturated heterocycles. The third-order valence-electron chi connectivity index (χ3n) is 1.58. The lowest BCUT2D eigenvalue weighted by Crippen LogP contribution is -2.34. The highest BCUT2D eigenvalue weighted by atomic mass is 16.4. The number of rotatable bonds is 3. The fourth-order valence-corrected chi connectivity index (χ4v) is 1.02. The van der Waals surface area contributed by atoms with Crippen LogP contribution in [0.5, 0.6) is 0 Å². The first kappa shape index (κ1) is 10.2. The van der Waals surface area contributed by atoms with E-state index >= 15 is 0 Å². The number of aromatic amines is 1. The van der Waals surface area contributed by atoms with Crippen molar-refractivity contribution < 1.29 is 15.0 Å². The molecule has 1 aromatic rings. The number of hydrogen-bond acceptors (Lipinski definition) is 4. The summed E-state index contributed by atoms with van der Waals surface area (Å²) < 4.78 is 0.781. The van der Waals surface area contributed by atoms with Gasteiger partial charge in [0, 0.05) is 6.07 Å². The molecule has 0 aliphatic carbocycles. The fourth-order valence-electron chi connectivity index (χ4n) is 1.02. The number of aromatic nitrogens is 2. The minimum Gasteiger partial charge on any atom is -0.477 e. The quantitative estimate of drug-likeness (QED) is 0.534. The molecule has 0 bridgehead atoms. The van der Waals surface area contributed by atoms with E-state index in [0.717, 1.165) is 10.6 Å². The average Bonchev–Trinajstić information content (AvgIpc) is 2.09. The van der Waals surface area contributed by atoms with Crippen LogP contribution >= 0.6 is 0 Å². The first-order chi connectivity index (χ1) is 6.56. The first-order valence-electron chi connectivity index (χ1n) is 3.74. The molecule has 0 aliphatic rings. The van der Waals surface area contributed by atoms with Crippen LogP contribution in [0.1, 0.15) is 10.5 Å². The molecule has 0 amide bonds. The summed E-state index contributed by atoms with van der Waals surface area (Å²) in [5.74, 6) is -1.39. The van der Waals surface area contributed by atoms with Gasteiger partial charge in [-0.2, -0.15) is 0 Å². The summed E-state index contributed by atoms with van der Waals surface area (Å²) in [6.07, 6.45) is 0. The summed E-state index contributed by atoms with van der Waals surface area (Å²) in [7, 11) is 0. The lowest BCUT2D eigenvalue weighted by molar-refractivity contribution is 0.0681. The molecular formula is C7H8N2O5. The lowest BCUT2D eigenvalue weighted by Gasteiger charge is -2.05. The summed E-state index contributed by atoms with van der Waals surface area (Å²) in [4.78, 5) is 34.4. The van der Waals surface area contributed by atoms with Crippen LogP contribution < -0.4 is 11.2 Å². The number of nitrogens with one attached hydrogen (secondary N) is 1. The van der Waals surface area contributed by atoms with Gasteiger partial charge < -0.3 is 10.2 Å². The third kappa shape index (κ3) is 1.88. The zero-order valence-electron chi connectivity index (χ0n) is 7.06. The van der Waals surface area contributed by atoms with Crippen molar-refractivity contribution in [1.82, 2.24) is 9.55 Å². The highest BCUT2D eigenvalue weighted by molar-refractivity contribution is 5.85. The number of hydrogen-bond donors (Lipinski definition) is 3. The van der Waals surface area contributed by atoms with Gasteiger partial charge in [-0.1, -0.05) is 0 Å². The van der Waals surface area contributed by atoms with E-state index in [9.17, 15) is 14.4 Å². The third-order valence-corrected chi connectivity index (χ3v) is 1.58. The Labute approximate surface area is 77.2 Å². The molecule has 0 saturated carbocycles. The molecule has 3 N–H and O–H groups in total. The Balaban J connectivity index is 3.44. The molecule has 0 unspecified atom stereocenters. The second-order valence-corrected chi connectivity index (χ2v) is 2.50. The molecule has 0 atom stereocenters. The summed E-state index contributed by atoms with van der Waals surface area (Å²) in [6.45, 7) is -0.552. The van der Waals surface area contributed by atoms with Crippen molar-refractivity contribution >= 4 is 5.97 Å². The summed E-state index contributed by atoms with van der Waals surface area (Å²) in [5.41, 5.74) is -2.06. The normalized spacial score (nSPS) is 10.1. The maximum absolute atomic E-state index is 11.1. The molecule has 14 heavy (non-hydrogen) atoms. The second kappa shape index (κ2) is 3.88. The molecule has 7 nitrogen and oxygen atoms in total. The van der Waals surface area contributed by atoms with Gasteiger partial charge in [0.1, 0.15) is 5.69 Å². The van der Waals surface area contributed by atoms with Crippen molar-refractivity contribution in [1.29, 1.82) is 0 Å². The summed E-state index contributed by atoms with van der Waals surface area (Å²) >= 11 is 0. The van der Waals surface area contributed by atoms with Crippen LogP contribution in [0, 0.1) is 0 Å². The molecule has 0 aliphatic heterocycles. The van der Waals surface area contributed by atoms with Gasteiger partial charge in [0.2, 0.25) is 0 Å². The maximum atomic E-state index is 11.1. The van der Waals surface area contributed by atoms with Crippen LogP contribution in [0.4, 0.5) is 0 Å². The number of aliphatic hydroxyl groups excluding tert-OH is 1. The highest BCUT2D eigenvalue weighted by Crippen LogP contribution is 1.91. The Morgan fingerprint density at radius 2 is 2.14 bits per heavy atom. The van der Waals surface area contributed by atoms with Crippen molar-refractivity contribution in [3.8, 4) is 0 Å². The van der Waals surface area contributed by atoms with Crippen molar-refractivity contribution in [2.75, 3.05) is 6.61 Å². The Bertz CT molecular complexity index is 458. The van der Waals surface area contributed by atoms with Crippen molar-refractivity contribution in [3.05, 3.63) is 32.6 Å². The summed E-state index contributed by atoms with van der Waals surface area (Å²) in [6, 6.07) is 0.791. The predicted molar refractivity (Wildman–Crippen MR) is 45.4 cm³/mol. The Morgan fingerprint density at radius 1 is 1.50 bits per heavy atom. The first-order valence-corrected chi connectivity index (χ1v) is 3.74. The number of carboxylic acids is 1. The molecule has 0 fully saturated rings. The van der Waals surface area contributed by atoms with Gasteiger partial charge in [-0.25, -0.2) is 9.59 Å². The Hall–Kier alpha value is -1.89. The number of aromatic carboxylic acids is 1. The van der Waals surface area contributed by atoms with Crippen LogP contribution in [0.15, 0.2) is 15.7 Å². The molecule has 7 heteroatoms. The number of carbonyl (C=O) groups is 1. The average molecular weight is 200 g/mol. The number of carboxylic acid groups (broad SMARTS) is 1. The van der Waals surface area contributed by atoms with Gasteiger partial charge in [0.05, 0.1) is 13.2 Å². The monoisotopic (exact) mass is 200 g/mol. The van der Waals surface area contributed by atoms with E-state index in [1.54, 1.807) is 0 Å². The van der Waals surface area contributed by atoms with Crippen LogP contribution in [0.25, 0.3) is 0 Å². The smallest absolute Gasteiger partial charge is 0.352 e. The molecule has 1 aromatic heterocycles. The standard InChI is InChI=1S/C7H8N2O5/c10-2-1-9-4(6(12)13)3-5(11)8-7(9)14/h3,10H,1-2H2,(H,12,13)(H,8,11,14). The minimum atomic E-state index is -1.39. The van der Waals surface area contributed by atoms with Crippen molar-refractivity contribution in [2.45, 2.75) is 6.54 Å². The number of H-pyrrole nitrogens is 1. The molecule has 0 radical (unpaired) electrons. The highest BCUT2D eigenvalue weighted by Gasteiger charge is 2.11. The largest absolute Gasteiger partial charge is 0.477 e. The van der Waals surface area contributed by atoms with E-state index in [0.29, 0.717) is 0 Å². The fraction of sp³-hybridized carbons (Fsp3) is 0.286. The topological polar surface area (TPSA) is 112 Å². The van der Waals surface area contributed by atoms with E-state index in [2.05, 4.69) is 0 Å². The predicted octanol–water partition coefficient (Wildman–Crippen LogP) is -1.77. The van der Waals surface area contributed by atoms with Gasteiger partial charge in [0.25, 0.3) is 5.56 Å². The number of nitrogens with zero attached hydrogens (tertiary/aromatic N) is 1. The molecule has 0 spiro atoms. The second-order valence-electron chi connectivity index (χ2n) is 2.50. The SMILES string of the molecule is O=C(O)c1cc(=O)[nH]c(=O)n1CCO. The van der Waals surface area contributed by atoms with Crippen LogP contribution in [-0.4, -0.2) is 32.3 Å². The van der Waals surface area contributed by atoms with Crippen molar-refractivity contribution in [2.24, 2.45) is 0 Å². The Morgan fingerprint density at radius 3 is 2.64 bits per heavy atom. The van der Waals surface area contributed by atoms with Crippen LogP contribution in [0.3, 0.4) is 0 Å². The van der Waals surface area contributed by atoms with Gasteiger partial charge in [0.15, 0.2) is 0 Å². The van der Waals surface area contributed by atoms with Gasteiger partial charge >= 0.3 is 11.7 Å². The van der Waals surface area contributed by atoms with Gasteiger partial charge in [-0.05, 0) is 0 Å².